The van der Waals surface area contributed by atoms with E-state index in [0.29, 0.717) is 24.8 Å². The molecule has 0 radical (unpaired) electrons. The molecule has 4 heteroatoms. The first kappa shape index (κ1) is 26.1. The van der Waals surface area contributed by atoms with E-state index in [-0.39, 0.29) is 11.7 Å². The van der Waals surface area contributed by atoms with Crippen molar-refractivity contribution in [3.63, 3.8) is 0 Å². The standard InChI is InChI=1S/C28H41NO3/c1-2-3-4-5-6-7-17-25(30)18-10-8-15-24-16-9-11-19-26(24)27(31)20-14-21-28(32)29-22-12-13-23-29/h8-11,15-16,18-19,25,30H,2-7,12-14,17,20-23H2,1H3. The number of unbranched alkanes of at least 4 members (excludes halogenated alkanes) is 5. The number of benzene rings is 1. The van der Waals surface area contributed by atoms with Gasteiger partial charge in [-0.2, -0.15) is 0 Å². The first-order valence-corrected chi connectivity index (χ1v) is 12.5. The largest absolute Gasteiger partial charge is 0.389 e. The SMILES string of the molecule is CCCCCCCCC(O)C=CC=Cc1ccccc1C(=O)CCCC(=O)N1CCCC1. The van der Waals surface area contributed by atoms with Gasteiger partial charge in [-0.05, 0) is 31.2 Å². The molecule has 1 amide bonds. The Labute approximate surface area is 194 Å². The van der Waals surface area contributed by atoms with Crippen LogP contribution in [0, 0.1) is 0 Å². The van der Waals surface area contributed by atoms with Gasteiger partial charge in [0.05, 0.1) is 6.10 Å². The third kappa shape index (κ3) is 9.95. The van der Waals surface area contributed by atoms with Gasteiger partial charge in [0.15, 0.2) is 5.78 Å². The number of Topliss-reactive ketones (excluding diaryl/α,β-unsaturated/α-hetero) is 1. The highest BCUT2D eigenvalue weighted by molar-refractivity contribution is 5.99. The number of nitrogens with zero attached hydrogens (tertiary/aromatic N) is 1. The summed E-state index contributed by atoms with van der Waals surface area (Å²) in [6, 6.07) is 7.58. The molecule has 0 aliphatic carbocycles. The molecule has 0 spiro atoms. The van der Waals surface area contributed by atoms with Crippen LogP contribution in [-0.4, -0.2) is 40.9 Å². The van der Waals surface area contributed by atoms with Gasteiger partial charge in [0.2, 0.25) is 5.91 Å². The zero-order valence-corrected chi connectivity index (χ0v) is 19.8. The molecular formula is C28H41NO3. The van der Waals surface area contributed by atoms with E-state index in [1.165, 1.54) is 32.1 Å². The second kappa shape index (κ2) is 15.6. The van der Waals surface area contributed by atoms with Crippen LogP contribution in [0.4, 0.5) is 0 Å². The number of aliphatic hydroxyl groups excluding tert-OH is 1. The molecule has 1 saturated heterocycles. The normalized spacial score (nSPS) is 15.1. The van der Waals surface area contributed by atoms with Crippen LogP contribution in [0.25, 0.3) is 6.08 Å². The van der Waals surface area contributed by atoms with Crippen LogP contribution in [-0.2, 0) is 4.79 Å². The fraction of sp³-hybridized carbons (Fsp3) is 0.571. The van der Waals surface area contributed by atoms with Gasteiger partial charge in [0.25, 0.3) is 0 Å². The summed E-state index contributed by atoms with van der Waals surface area (Å²) >= 11 is 0. The maximum atomic E-state index is 12.7. The summed E-state index contributed by atoms with van der Waals surface area (Å²) in [6.45, 7) is 3.94. The molecule has 1 unspecified atom stereocenters. The predicted molar refractivity (Wildman–Crippen MR) is 133 cm³/mol. The quantitative estimate of drug-likeness (QED) is 0.197. The van der Waals surface area contributed by atoms with Crippen molar-refractivity contribution in [1.82, 2.24) is 4.90 Å². The zero-order valence-electron chi connectivity index (χ0n) is 19.8. The molecule has 1 aromatic rings. The molecule has 0 saturated carbocycles. The molecular weight excluding hydrogens is 398 g/mol. The monoisotopic (exact) mass is 439 g/mol. The van der Waals surface area contributed by atoms with Crippen LogP contribution >= 0.6 is 0 Å². The Balaban J connectivity index is 1.75. The molecule has 1 N–H and O–H groups in total. The van der Waals surface area contributed by atoms with Gasteiger partial charge in [-0.3, -0.25) is 9.59 Å². The summed E-state index contributed by atoms with van der Waals surface area (Å²) in [5.74, 6) is 0.250. The van der Waals surface area contributed by atoms with Gasteiger partial charge in [-0.1, -0.05) is 94.0 Å². The smallest absolute Gasteiger partial charge is 0.222 e. The Hall–Kier alpha value is -2.20. The van der Waals surface area contributed by atoms with Gasteiger partial charge in [0.1, 0.15) is 0 Å². The van der Waals surface area contributed by atoms with Gasteiger partial charge >= 0.3 is 0 Å². The number of rotatable bonds is 15. The first-order chi connectivity index (χ1) is 15.6. The average Bonchev–Trinajstić information content (AvgIpc) is 3.34. The highest BCUT2D eigenvalue weighted by Crippen LogP contribution is 2.16. The molecule has 1 fully saturated rings. The first-order valence-electron chi connectivity index (χ1n) is 12.5. The minimum atomic E-state index is -0.421. The molecule has 1 aromatic carbocycles. The molecule has 0 aromatic heterocycles. The molecule has 0 bridgehead atoms. The average molecular weight is 440 g/mol. The van der Waals surface area contributed by atoms with Gasteiger partial charge < -0.3 is 10.0 Å². The number of carbonyl (C=O) groups excluding carboxylic acids is 2. The Morgan fingerprint density at radius 1 is 0.969 bits per heavy atom. The summed E-state index contributed by atoms with van der Waals surface area (Å²) in [7, 11) is 0. The van der Waals surface area contributed by atoms with Crippen molar-refractivity contribution in [2.24, 2.45) is 0 Å². The molecule has 1 aliphatic heterocycles. The number of carbonyl (C=O) groups is 2. The maximum absolute atomic E-state index is 12.7. The summed E-state index contributed by atoms with van der Waals surface area (Å²) in [4.78, 5) is 26.8. The minimum absolute atomic E-state index is 0.0755. The van der Waals surface area contributed by atoms with Crippen molar-refractivity contribution in [1.29, 1.82) is 0 Å². The summed E-state index contributed by atoms with van der Waals surface area (Å²) in [5.41, 5.74) is 1.57. The predicted octanol–water partition coefficient (Wildman–Crippen LogP) is 6.34. The minimum Gasteiger partial charge on any atom is -0.389 e. The number of ketones is 1. The van der Waals surface area contributed by atoms with Crippen molar-refractivity contribution in [2.45, 2.75) is 90.1 Å². The van der Waals surface area contributed by atoms with Crippen LogP contribution in [0.15, 0.2) is 42.5 Å². The molecule has 1 heterocycles. The van der Waals surface area contributed by atoms with E-state index in [0.717, 1.165) is 44.3 Å². The summed E-state index contributed by atoms with van der Waals surface area (Å²) in [5, 5.41) is 10.1. The van der Waals surface area contributed by atoms with Crippen molar-refractivity contribution < 1.29 is 14.7 Å². The number of amides is 1. The van der Waals surface area contributed by atoms with E-state index < -0.39 is 6.10 Å². The van der Waals surface area contributed by atoms with Gasteiger partial charge in [0, 0.05) is 31.5 Å². The molecule has 176 valence electrons. The molecule has 4 nitrogen and oxygen atoms in total. The second-order valence-electron chi connectivity index (χ2n) is 8.82. The third-order valence-corrected chi connectivity index (χ3v) is 6.09. The maximum Gasteiger partial charge on any atom is 0.222 e. The second-order valence-corrected chi connectivity index (χ2v) is 8.82. The molecule has 1 atom stereocenters. The topological polar surface area (TPSA) is 57.6 Å². The number of allylic oxidation sites excluding steroid dienone is 2. The highest BCUT2D eigenvalue weighted by Gasteiger charge is 2.18. The van der Waals surface area contributed by atoms with Crippen LogP contribution in [0.3, 0.4) is 0 Å². The Morgan fingerprint density at radius 3 is 2.47 bits per heavy atom. The third-order valence-electron chi connectivity index (χ3n) is 6.09. The van der Waals surface area contributed by atoms with Crippen LogP contribution in [0.2, 0.25) is 0 Å². The lowest BCUT2D eigenvalue weighted by molar-refractivity contribution is -0.130. The number of aliphatic hydroxyl groups is 1. The van der Waals surface area contributed by atoms with Crippen LogP contribution in [0.1, 0.15) is 99.9 Å². The van der Waals surface area contributed by atoms with Crippen LogP contribution in [0.5, 0.6) is 0 Å². The summed E-state index contributed by atoms with van der Waals surface area (Å²) in [6.07, 6.45) is 18.8. The van der Waals surface area contributed by atoms with E-state index in [9.17, 15) is 14.7 Å². The Morgan fingerprint density at radius 2 is 1.69 bits per heavy atom. The van der Waals surface area contributed by atoms with Crippen molar-refractivity contribution in [2.75, 3.05) is 13.1 Å². The number of hydrogen-bond acceptors (Lipinski definition) is 3. The molecule has 1 aliphatic rings. The van der Waals surface area contributed by atoms with E-state index in [1.807, 2.05) is 53.5 Å². The molecule has 2 rings (SSSR count). The van der Waals surface area contributed by atoms with Gasteiger partial charge in [-0.15, -0.1) is 0 Å². The zero-order chi connectivity index (χ0) is 23.0. The van der Waals surface area contributed by atoms with Crippen molar-refractivity contribution >= 4 is 17.8 Å². The fourth-order valence-electron chi connectivity index (χ4n) is 4.14. The Kier molecular flexibility index (Phi) is 12.7. The lowest BCUT2D eigenvalue weighted by Gasteiger charge is -2.14. The Bertz CT molecular complexity index is 747. The molecule has 32 heavy (non-hydrogen) atoms. The van der Waals surface area contributed by atoms with Crippen molar-refractivity contribution in [3.05, 3.63) is 53.6 Å². The highest BCUT2D eigenvalue weighted by atomic mass is 16.3. The lowest BCUT2D eigenvalue weighted by atomic mass is 9.99. The number of likely N-dealkylation sites (tertiary alicyclic amines) is 1. The fourth-order valence-corrected chi connectivity index (χ4v) is 4.14. The summed E-state index contributed by atoms with van der Waals surface area (Å²) < 4.78 is 0. The van der Waals surface area contributed by atoms with E-state index in [4.69, 9.17) is 0 Å². The van der Waals surface area contributed by atoms with E-state index in [2.05, 4.69) is 6.92 Å². The van der Waals surface area contributed by atoms with Gasteiger partial charge in [-0.25, -0.2) is 0 Å². The lowest BCUT2D eigenvalue weighted by Crippen LogP contribution is -2.27. The van der Waals surface area contributed by atoms with Crippen molar-refractivity contribution in [3.8, 4) is 0 Å². The van der Waals surface area contributed by atoms with E-state index in [1.54, 1.807) is 0 Å². The number of hydrogen-bond donors (Lipinski definition) is 1. The van der Waals surface area contributed by atoms with Crippen LogP contribution < -0.4 is 0 Å². The van der Waals surface area contributed by atoms with E-state index >= 15 is 0 Å².